The highest BCUT2D eigenvalue weighted by molar-refractivity contribution is 5.84. The maximum atomic E-state index is 12.3. The predicted octanol–water partition coefficient (Wildman–Crippen LogP) is 2.92. The minimum absolute atomic E-state index is 0.111. The smallest absolute Gasteiger partial charge is 0.143 e. The molecule has 2 nitrogen and oxygen atoms in total. The molecule has 1 aromatic rings. The number of hydrogen-bond donors (Lipinski definition) is 0. The zero-order chi connectivity index (χ0) is 12.3. The van der Waals surface area contributed by atoms with Crippen molar-refractivity contribution in [3.8, 4) is 0 Å². The molecule has 0 bridgehead atoms. The molecule has 0 aromatic heterocycles. The summed E-state index contributed by atoms with van der Waals surface area (Å²) in [7, 11) is 0. The molecule has 2 heteroatoms. The molecule has 1 fully saturated rings. The van der Waals surface area contributed by atoms with Crippen LogP contribution in [0, 0.1) is 12.8 Å². The first kappa shape index (κ1) is 12.3. The lowest BCUT2D eigenvalue weighted by molar-refractivity contribution is -0.123. The van der Waals surface area contributed by atoms with Gasteiger partial charge in [0, 0.05) is 18.9 Å². The fraction of sp³-hybridized carbons (Fsp3) is 0.533. The number of rotatable bonds is 4. The third-order valence-electron chi connectivity index (χ3n) is 3.65. The van der Waals surface area contributed by atoms with Crippen LogP contribution in [0.25, 0.3) is 0 Å². The van der Waals surface area contributed by atoms with Crippen LogP contribution in [0.1, 0.15) is 30.9 Å². The Morgan fingerprint density at radius 1 is 1.41 bits per heavy atom. The lowest BCUT2D eigenvalue weighted by Crippen LogP contribution is -2.25. The summed E-state index contributed by atoms with van der Waals surface area (Å²) in [6.45, 7) is 4.89. The number of carbonyl (C=O) groups excluding carboxylic acids is 1. The summed E-state index contributed by atoms with van der Waals surface area (Å²) in [6, 6.07) is 8.12. The summed E-state index contributed by atoms with van der Waals surface area (Å²) in [5.74, 6) is 0.447. The monoisotopic (exact) mass is 232 g/mol. The van der Waals surface area contributed by atoms with E-state index in [9.17, 15) is 4.79 Å². The highest BCUT2D eigenvalue weighted by atomic mass is 16.5. The van der Waals surface area contributed by atoms with Crippen molar-refractivity contribution in [3.63, 3.8) is 0 Å². The van der Waals surface area contributed by atoms with E-state index in [0.29, 0.717) is 12.2 Å². The number of aryl methyl sites for hydroxylation is 1. The van der Waals surface area contributed by atoms with Crippen molar-refractivity contribution in [2.45, 2.75) is 39.2 Å². The van der Waals surface area contributed by atoms with E-state index in [4.69, 9.17) is 4.74 Å². The largest absolute Gasteiger partial charge is 0.377 e. The van der Waals surface area contributed by atoms with E-state index >= 15 is 0 Å². The average molecular weight is 232 g/mol. The summed E-state index contributed by atoms with van der Waals surface area (Å²) in [4.78, 5) is 12.3. The molecule has 2 unspecified atom stereocenters. The fourth-order valence-corrected chi connectivity index (χ4v) is 2.55. The molecule has 1 heterocycles. The Labute approximate surface area is 103 Å². The fourth-order valence-electron chi connectivity index (χ4n) is 2.55. The Bertz CT molecular complexity index is 398. The lowest BCUT2D eigenvalue weighted by Gasteiger charge is -2.16. The van der Waals surface area contributed by atoms with E-state index in [1.807, 2.05) is 18.2 Å². The van der Waals surface area contributed by atoms with Crippen molar-refractivity contribution in [2.24, 2.45) is 5.92 Å². The predicted molar refractivity (Wildman–Crippen MR) is 68.0 cm³/mol. The zero-order valence-corrected chi connectivity index (χ0v) is 10.6. The number of ketones is 1. The molecule has 2 rings (SSSR count). The van der Waals surface area contributed by atoms with Gasteiger partial charge < -0.3 is 4.74 Å². The van der Waals surface area contributed by atoms with Gasteiger partial charge in [0.1, 0.15) is 5.78 Å². The SMILES string of the molecule is CCC1OCCC1C(=O)Cc1ccccc1C. The van der Waals surface area contributed by atoms with E-state index in [2.05, 4.69) is 19.9 Å². The van der Waals surface area contributed by atoms with Crippen LogP contribution in [0.5, 0.6) is 0 Å². The van der Waals surface area contributed by atoms with Gasteiger partial charge >= 0.3 is 0 Å². The highest BCUT2D eigenvalue weighted by Crippen LogP contribution is 2.25. The molecule has 1 aliphatic heterocycles. The van der Waals surface area contributed by atoms with Gasteiger partial charge in [-0.15, -0.1) is 0 Å². The van der Waals surface area contributed by atoms with Crippen molar-refractivity contribution in [1.29, 1.82) is 0 Å². The molecule has 0 amide bonds. The van der Waals surface area contributed by atoms with E-state index in [-0.39, 0.29) is 12.0 Å². The van der Waals surface area contributed by atoms with Gasteiger partial charge in [-0.05, 0) is 30.9 Å². The van der Waals surface area contributed by atoms with Crippen molar-refractivity contribution in [1.82, 2.24) is 0 Å². The summed E-state index contributed by atoms with van der Waals surface area (Å²) < 4.78 is 5.58. The summed E-state index contributed by atoms with van der Waals surface area (Å²) in [5, 5.41) is 0. The number of Topliss-reactive ketones (excluding diaryl/α,β-unsaturated/α-hetero) is 1. The summed E-state index contributed by atoms with van der Waals surface area (Å²) in [5.41, 5.74) is 2.35. The van der Waals surface area contributed by atoms with Gasteiger partial charge in [0.25, 0.3) is 0 Å². The molecule has 0 aliphatic carbocycles. The van der Waals surface area contributed by atoms with Crippen molar-refractivity contribution >= 4 is 5.78 Å². The Kier molecular flexibility index (Phi) is 3.95. The Hall–Kier alpha value is -1.15. The molecule has 2 atom stereocenters. The molecule has 1 aromatic carbocycles. The van der Waals surface area contributed by atoms with E-state index in [1.54, 1.807) is 0 Å². The molecule has 92 valence electrons. The van der Waals surface area contributed by atoms with Crippen molar-refractivity contribution in [2.75, 3.05) is 6.61 Å². The van der Waals surface area contributed by atoms with Gasteiger partial charge in [-0.2, -0.15) is 0 Å². The third kappa shape index (κ3) is 2.75. The maximum Gasteiger partial charge on any atom is 0.143 e. The maximum absolute atomic E-state index is 12.3. The van der Waals surface area contributed by atoms with Crippen LogP contribution < -0.4 is 0 Å². The average Bonchev–Trinajstić information content (AvgIpc) is 2.80. The molecule has 0 spiro atoms. The number of hydrogen-bond acceptors (Lipinski definition) is 2. The van der Waals surface area contributed by atoms with Gasteiger partial charge in [-0.1, -0.05) is 31.2 Å². The molecule has 0 N–H and O–H groups in total. The molecule has 1 saturated heterocycles. The quantitative estimate of drug-likeness (QED) is 0.798. The molecule has 0 saturated carbocycles. The van der Waals surface area contributed by atoms with Gasteiger partial charge in [0.05, 0.1) is 6.10 Å². The Balaban J connectivity index is 2.04. The van der Waals surface area contributed by atoms with Gasteiger partial charge in [0.15, 0.2) is 0 Å². The first-order chi connectivity index (χ1) is 8.22. The first-order valence-electron chi connectivity index (χ1n) is 6.41. The lowest BCUT2D eigenvalue weighted by atomic mass is 9.90. The third-order valence-corrected chi connectivity index (χ3v) is 3.65. The van der Waals surface area contributed by atoms with Crippen LogP contribution in [-0.4, -0.2) is 18.5 Å². The molecule has 17 heavy (non-hydrogen) atoms. The minimum Gasteiger partial charge on any atom is -0.377 e. The number of benzene rings is 1. The van der Waals surface area contributed by atoms with E-state index in [1.165, 1.54) is 5.56 Å². The second kappa shape index (κ2) is 5.46. The second-order valence-corrected chi connectivity index (χ2v) is 4.78. The van der Waals surface area contributed by atoms with Gasteiger partial charge in [-0.3, -0.25) is 4.79 Å². The first-order valence-corrected chi connectivity index (χ1v) is 6.41. The molecule has 0 radical (unpaired) electrons. The van der Waals surface area contributed by atoms with Crippen LogP contribution >= 0.6 is 0 Å². The summed E-state index contributed by atoms with van der Waals surface area (Å²) >= 11 is 0. The Morgan fingerprint density at radius 3 is 2.88 bits per heavy atom. The van der Waals surface area contributed by atoms with Crippen LogP contribution in [0.2, 0.25) is 0 Å². The van der Waals surface area contributed by atoms with Crippen LogP contribution in [-0.2, 0) is 16.0 Å². The normalized spacial score (nSPS) is 23.9. The highest BCUT2D eigenvalue weighted by Gasteiger charge is 2.32. The minimum atomic E-state index is 0.111. The van der Waals surface area contributed by atoms with Crippen LogP contribution in [0.15, 0.2) is 24.3 Å². The van der Waals surface area contributed by atoms with E-state index in [0.717, 1.165) is 25.0 Å². The Morgan fingerprint density at radius 2 is 2.18 bits per heavy atom. The van der Waals surface area contributed by atoms with E-state index < -0.39 is 0 Å². The zero-order valence-electron chi connectivity index (χ0n) is 10.6. The second-order valence-electron chi connectivity index (χ2n) is 4.78. The van der Waals surface area contributed by atoms with Crippen molar-refractivity contribution in [3.05, 3.63) is 35.4 Å². The van der Waals surface area contributed by atoms with Gasteiger partial charge in [0.2, 0.25) is 0 Å². The van der Waals surface area contributed by atoms with Gasteiger partial charge in [-0.25, -0.2) is 0 Å². The molecular weight excluding hydrogens is 212 g/mol. The molecule has 1 aliphatic rings. The van der Waals surface area contributed by atoms with Crippen molar-refractivity contribution < 1.29 is 9.53 Å². The van der Waals surface area contributed by atoms with Crippen LogP contribution in [0.4, 0.5) is 0 Å². The summed E-state index contributed by atoms with van der Waals surface area (Å²) in [6.07, 6.45) is 2.52. The topological polar surface area (TPSA) is 26.3 Å². The standard InChI is InChI=1S/C15H20O2/c1-3-15-13(8-9-17-15)14(16)10-12-7-5-4-6-11(12)2/h4-7,13,15H,3,8-10H2,1-2H3. The number of carbonyl (C=O) groups is 1. The van der Waals surface area contributed by atoms with Crippen LogP contribution in [0.3, 0.4) is 0 Å². The molecular formula is C15H20O2. The number of ether oxygens (including phenoxy) is 1.